The molecule has 1 heterocycles. The van der Waals surface area contributed by atoms with Crippen molar-refractivity contribution >= 4 is 16.3 Å². The molecule has 1 aliphatic rings. The minimum absolute atomic E-state index is 0.312. The van der Waals surface area contributed by atoms with Crippen molar-refractivity contribution in [3.05, 3.63) is 0 Å². The number of carbonyl (C=O) groups is 1. The Morgan fingerprint density at radius 2 is 1.85 bits per heavy atom. The van der Waals surface area contributed by atoms with E-state index in [-0.39, 0.29) is 11.4 Å². The maximum Gasteiger partial charge on any atom is 0.316 e. The normalized spacial score (nSPS) is 22.9. The molecule has 0 spiro atoms. The first kappa shape index (κ1) is 17.5. The van der Waals surface area contributed by atoms with Gasteiger partial charge < -0.3 is 15.4 Å². The summed E-state index contributed by atoms with van der Waals surface area (Å²) in [5.74, 6) is 0. The lowest BCUT2D eigenvalue weighted by molar-refractivity contribution is -0.0994. The van der Waals surface area contributed by atoms with Crippen molar-refractivity contribution in [1.82, 2.24) is 4.90 Å². The highest BCUT2D eigenvalue weighted by molar-refractivity contribution is 6.15. The van der Waals surface area contributed by atoms with Crippen molar-refractivity contribution in [3.63, 3.8) is 0 Å². The number of nitrogens with two attached hydrogens (primary N) is 1. The van der Waals surface area contributed by atoms with Crippen molar-refractivity contribution in [2.24, 2.45) is 5.73 Å². The second-order valence-corrected chi connectivity index (χ2v) is 7.65. The Hall–Kier alpha value is -0.553. The summed E-state index contributed by atoms with van der Waals surface area (Å²) in [4.78, 5) is 13.5. The fraction of sp³-hybridized carbons (Fsp3) is 0.933. The smallest absolute Gasteiger partial charge is 0.316 e. The minimum Gasteiger partial charge on any atom is -0.360 e. The number of amides is 2. The monoisotopic (exact) mass is 300 g/mol. The number of hydrogen-bond acceptors (Lipinski definition) is 2. The van der Waals surface area contributed by atoms with Crippen LogP contribution >= 0.6 is 0 Å². The van der Waals surface area contributed by atoms with E-state index >= 15 is 0 Å². The Morgan fingerprint density at radius 3 is 2.40 bits per heavy atom. The van der Waals surface area contributed by atoms with Crippen LogP contribution in [0.4, 0.5) is 4.79 Å². The van der Waals surface area contributed by atoms with Gasteiger partial charge in [-0.15, -0.1) is 0 Å². The number of nitrogens with zero attached hydrogens (tertiary/aromatic N) is 1. The molecule has 4 nitrogen and oxygen atoms in total. The van der Waals surface area contributed by atoms with Crippen molar-refractivity contribution in [3.8, 4) is 0 Å². The number of rotatable bonds is 9. The molecule has 5 heteroatoms. The third kappa shape index (κ3) is 5.83. The van der Waals surface area contributed by atoms with E-state index in [0.29, 0.717) is 0 Å². The van der Waals surface area contributed by atoms with Crippen LogP contribution in [0.5, 0.6) is 0 Å². The van der Waals surface area contributed by atoms with Gasteiger partial charge in [-0.3, -0.25) is 0 Å². The summed E-state index contributed by atoms with van der Waals surface area (Å²) in [5, 5.41) is -0.341. The molecule has 1 aliphatic heterocycles. The van der Waals surface area contributed by atoms with Gasteiger partial charge in [0.2, 0.25) is 0 Å². The summed E-state index contributed by atoms with van der Waals surface area (Å²) in [7, 11) is 0.834. The Morgan fingerprint density at radius 1 is 1.20 bits per heavy atom. The highest BCUT2D eigenvalue weighted by Gasteiger charge is 2.36. The Labute approximate surface area is 126 Å². The number of primary amides is 1. The van der Waals surface area contributed by atoms with E-state index in [1.54, 1.807) is 4.90 Å². The molecule has 20 heavy (non-hydrogen) atoms. The average Bonchev–Trinajstić information content (AvgIpc) is 2.42. The molecule has 118 valence electrons. The number of urea groups is 1. The molecule has 2 N–H and O–H groups in total. The SMILES string of the molecule is CCCCCCCCCN(C(N)=O)C1([SiH3])CCCCO1. The van der Waals surface area contributed by atoms with Gasteiger partial charge in [-0.1, -0.05) is 45.4 Å². The second kappa shape index (κ2) is 9.40. The summed E-state index contributed by atoms with van der Waals surface area (Å²) < 4.78 is 5.89. The summed E-state index contributed by atoms with van der Waals surface area (Å²) in [5.41, 5.74) is 5.56. The van der Waals surface area contributed by atoms with Gasteiger partial charge in [0, 0.05) is 13.2 Å². The number of ether oxygens (including phenoxy) is 1. The Kier molecular flexibility index (Phi) is 8.22. The number of carbonyl (C=O) groups excluding carboxylic acids is 1. The van der Waals surface area contributed by atoms with Crippen LogP contribution in [0.2, 0.25) is 0 Å². The van der Waals surface area contributed by atoms with Crippen LogP contribution < -0.4 is 5.73 Å². The van der Waals surface area contributed by atoms with E-state index in [1.165, 1.54) is 38.5 Å². The first-order valence-corrected chi connectivity index (χ1v) is 9.31. The first-order chi connectivity index (χ1) is 9.60. The highest BCUT2D eigenvalue weighted by atomic mass is 28.1. The van der Waals surface area contributed by atoms with Gasteiger partial charge in [-0.25, -0.2) is 4.79 Å². The molecule has 1 fully saturated rings. The summed E-state index contributed by atoms with van der Waals surface area (Å²) >= 11 is 0. The van der Waals surface area contributed by atoms with Gasteiger partial charge in [-0.05, 0) is 25.7 Å². The van der Waals surface area contributed by atoms with E-state index in [9.17, 15) is 4.79 Å². The van der Waals surface area contributed by atoms with E-state index < -0.39 is 0 Å². The van der Waals surface area contributed by atoms with E-state index in [0.717, 1.165) is 49.1 Å². The third-order valence-electron chi connectivity index (χ3n) is 4.27. The molecular formula is C15H32N2O2Si. The first-order valence-electron chi connectivity index (χ1n) is 8.31. The van der Waals surface area contributed by atoms with Crippen LogP contribution in [-0.4, -0.2) is 39.7 Å². The molecule has 0 aromatic carbocycles. The van der Waals surface area contributed by atoms with Crippen molar-refractivity contribution in [1.29, 1.82) is 0 Å². The van der Waals surface area contributed by atoms with Gasteiger partial charge in [0.25, 0.3) is 0 Å². The van der Waals surface area contributed by atoms with Gasteiger partial charge in [0.1, 0.15) is 5.35 Å². The van der Waals surface area contributed by atoms with Crippen LogP contribution in [0.1, 0.15) is 71.1 Å². The third-order valence-corrected chi connectivity index (χ3v) is 5.60. The molecule has 0 saturated carbocycles. The topological polar surface area (TPSA) is 55.6 Å². The number of hydrogen-bond donors (Lipinski definition) is 1. The molecule has 1 atom stereocenters. The van der Waals surface area contributed by atoms with Gasteiger partial charge >= 0.3 is 6.03 Å². The maximum absolute atomic E-state index is 11.7. The Balaban J connectivity index is 2.27. The van der Waals surface area contributed by atoms with Crippen LogP contribution in [0, 0.1) is 0 Å². The second-order valence-electron chi connectivity index (χ2n) is 6.09. The molecule has 0 aromatic heterocycles. The van der Waals surface area contributed by atoms with Crippen LogP contribution in [0.3, 0.4) is 0 Å². The Bertz CT molecular complexity index is 281. The lowest BCUT2D eigenvalue weighted by atomic mass is 10.1. The molecular weight excluding hydrogens is 268 g/mol. The summed E-state index contributed by atoms with van der Waals surface area (Å²) in [6.45, 7) is 3.76. The van der Waals surface area contributed by atoms with E-state index in [2.05, 4.69) is 6.92 Å². The molecule has 0 aromatic rings. The van der Waals surface area contributed by atoms with Crippen LogP contribution in [-0.2, 0) is 4.74 Å². The molecule has 1 unspecified atom stereocenters. The number of unbranched alkanes of at least 4 members (excludes halogenated alkanes) is 6. The molecule has 0 bridgehead atoms. The zero-order valence-electron chi connectivity index (χ0n) is 13.3. The van der Waals surface area contributed by atoms with Crippen LogP contribution in [0.25, 0.3) is 0 Å². The fourth-order valence-corrected chi connectivity index (χ4v) is 3.94. The maximum atomic E-state index is 11.7. The zero-order chi connectivity index (χ0) is 14.8. The fourth-order valence-electron chi connectivity index (χ4n) is 2.94. The predicted molar refractivity (Wildman–Crippen MR) is 86.8 cm³/mol. The quantitative estimate of drug-likeness (QED) is 0.525. The molecule has 0 aliphatic carbocycles. The van der Waals surface area contributed by atoms with E-state index in [1.807, 2.05) is 0 Å². The largest absolute Gasteiger partial charge is 0.360 e. The van der Waals surface area contributed by atoms with Crippen LogP contribution in [0.15, 0.2) is 0 Å². The molecule has 1 rings (SSSR count). The van der Waals surface area contributed by atoms with E-state index in [4.69, 9.17) is 10.5 Å². The molecule has 2 amide bonds. The van der Waals surface area contributed by atoms with Crippen molar-refractivity contribution in [2.45, 2.75) is 76.5 Å². The van der Waals surface area contributed by atoms with Crippen molar-refractivity contribution < 1.29 is 9.53 Å². The molecule has 1 saturated heterocycles. The van der Waals surface area contributed by atoms with Crippen molar-refractivity contribution in [2.75, 3.05) is 13.2 Å². The van der Waals surface area contributed by atoms with Gasteiger partial charge in [0.05, 0.1) is 10.2 Å². The lowest BCUT2D eigenvalue weighted by Crippen LogP contribution is -2.57. The average molecular weight is 301 g/mol. The van der Waals surface area contributed by atoms with Gasteiger partial charge in [0.15, 0.2) is 0 Å². The highest BCUT2D eigenvalue weighted by Crippen LogP contribution is 2.26. The molecule has 0 radical (unpaired) electrons. The summed E-state index contributed by atoms with van der Waals surface area (Å²) in [6.07, 6.45) is 12.0. The lowest BCUT2D eigenvalue weighted by Gasteiger charge is -2.43. The minimum atomic E-state index is -0.341. The predicted octanol–water partition coefficient (Wildman–Crippen LogP) is 2.34. The van der Waals surface area contributed by atoms with Gasteiger partial charge in [-0.2, -0.15) is 0 Å². The zero-order valence-corrected chi connectivity index (χ0v) is 15.3. The summed E-state index contributed by atoms with van der Waals surface area (Å²) in [6, 6.07) is -0.312. The standard InChI is InChI=1S/C15H32N2O2Si/c1-2-3-4-5-6-7-9-12-17(14(16)18)15(20)11-8-10-13-19-15/h2-13H2,1,20H3,(H2,16,18).